The minimum atomic E-state index is -4.62. The lowest BCUT2D eigenvalue weighted by Gasteiger charge is -2.38. The second kappa shape index (κ2) is 15.2. The van der Waals surface area contributed by atoms with Gasteiger partial charge in [-0.1, -0.05) is 0 Å². The highest BCUT2D eigenvalue weighted by atomic mass is 32.2. The average Bonchev–Trinajstić information content (AvgIpc) is 3.04. The van der Waals surface area contributed by atoms with Crippen LogP contribution in [0.3, 0.4) is 0 Å². The number of alkyl halides is 8. The van der Waals surface area contributed by atoms with Gasteiger partial charge in [-0.15, -0.1) is 0 Å². The summed E-state index contributed by atoms with van der Waals surface area (Å²) in [6.45, 7) is 8.36. The molecule has 2 atom stereocenters. The van der Waals surface area contributed by atoms with E-state index in [-0.39, 0.29) is 25.9 Å². The summed E-state index contributed by atoms with van der Waals surface area (Å²) in [5.74, 6) is -1.59. The molecule has 2 aromatic rings. The summed E-state index contributed by atoms with van der Waals surface area (Å²) in [6, 6.07) is 5.73. The zero-order chi connectivity index (χ0) is 38.8. The summed E-state index contributed by atoms with van der Waals surface area (Å²) in [5, 5.41) is -2.18. The van der Waals surface area contributed by atoms with Crippen LogP contribution in [0.15, 0.2) is 58.3 Å². The van der Waals surface area contributed by atoms with Crippen molar-refractivity contribution in [1.29, 1.82) is 0 Å². The number of carbonyl (C=O) groups excluding carboxylic acids is 1. The first kappa shape index (κ1) is 42.4. The van der Waals surface area contributed by atoms with Crippen molar-refractivity contribution in [3.05, 3.63) is 59.7 Å². The van der Waals surface area contributed by atoms with Gasteiger partial charge in [-0.25, -0.2) is 30.4 Å². The number of piperidine rings is 2. The van der Waals surface area contributed by atoms with Crippen molar-refractivity contribution in [2.24, 2.45) is 11.8 Å². The maximum absolute atomic E-state index is 15.4. The molecule has 2 heterocycles. The van der Waals surface area contributed by atoms with E-state index in [0.717, 1.165) is 38.1 Å². The molecule has 2 aliphatic heterocycles. The number of likely N-dealkylation sites (tertiary alicyclic amines) is 1. The van der Waals surface area contributed by atoms with E-state index in [4.69, 9.17) is 4.74 Å². The number of hydrogen-bond acceptors (Lipinski definition) is 7. The summed E-state index contributed by atoms with van der Waals surface area (Å²) >= 11 is 0. The van der Waals surface area contributed by atoms with Gasteiger partial charge in [-0.05, 0) is 122 Å². The van der Waals surface area contributed by atoms with Crippen LogP contribution >= 0.6 is 0 Å². The van der Waals surface area contributed by atoms with Gasteiger partial charge < -0.3 is 15.0 Å². The molecule has 0 aromatic heterocycles. The van der Waals surface area contributed by atoms with Crippen molar-refractivity contribution in [1.82, 2.24) is 10.2 Å². The minimum Gasteiger partial charge on any atom is -0.444 e. The molecule has 18 heteroatoms. The second-order valence-corrected chi connectivity index (χ2v) is 18.3. The van der Waals surface area contributed by atoms with Crippen LogP contribution < -0.4 is 5.32 Å². The molecule has 0 bridgehead atoms. The van der Waals surface area contributed by atoms with Gasteiger partial charge in [0.05, 0.1) is 20.9 Å². The molecule has 2 aromatic carbocycles. The third-order valence-corrected chi connectivity index (χ3v) is 13.5. The van der Waals surface area contributed by atoms with Crippen LogP contribution in [0.4, 0.5) is 39.9 Å². The van der Waals surface area contributed by atoms with Crippen LogP contribution in [0, 0.1) is 11.8 Å². The van der Waals surface area contributed by atoms with Crippen molar-refractivity contribution in [2.75, 3.05) is 26.2 Å². The van der Waals surface area contributed by atoms with Gasteiger partial charge >= 0.3 is 18.4 Å². The molecule has 1 amide bonds. The molecule has 2 aliphatic rings. The predicted molar refractivity (Wildman–Crippen MR) is 172 cm³/mol. The number of nitrogens with zero attached hydrogens (tertiary/aromatic N) is 1. The fourth-order valence-corrected chi connectivity index (χ4v) is 9.05. The van der Waals surface area contributed by atoms with E-state index in [0.29, 0.717) is 50.2 Å². The molecule has 0 radical (unpaired) electrons. The monoisotopic (exact) mass is 778 g/mol. The second-order valence-electron chi connectivity index (χ2n) is 13.8. The Morgan fingerprint density at radius 2 is 0.961 bits per heavy atom. The molecule has 4 rings (SSSR count). The SMILES string of the molecule is CC(C)(C)OC(=O)N1CCC(C(C)(F)S(=O)(=O)c2ccc(C(F)(F)F)cc2)CC1.CC(F)(C1CCNCC1)S(=O)(=O)c1ccc(C(F)(F)F)cc1. The van der Waals surface area contributed by atoms with Crippen LogP contribution in [0.2, 0.25) is 0 Å². The highest BCUT2D eigenvalue weighted by Gasteiger charge is 2.50. The number of amides is 1. The van der Waals surface area contributed by atoms with Gasteiger partial charge in [0, 0.05) is 24.9 Å². The Morgan fingerprint density at radius 3 is 1.27 bits per heavy atom. The predicted octanol–water partition coefficient (Wildman–Crippen LogP) is 7.98. The zero-order valence-corrected chi connectivity index (χ0v) is 30.3. The summed E-state index contributed by atoms with van der Waals surface area (Å²) in [6.07, 6.45) is -8.81. The van der Waals surface area contributed by atoms with Gasteiger partial charge in [0.15, 0.2) is 0 Å². The Hall–Kier alpha value is -2.99. The number of hydrogen-bond donors (Lipinski definition) is 1. The summed E-state index contributed by atoms with van der Waals surface area (Å²) in [4.78, 5) is 12.6. The van der Waals surface area contributed by atoms with Crippen LogP contribution in [0.1, 0.15) is 71.4 Å². The number of benzene rings is 2. The molecule has 51 heavy (non-hydrogen) atoms. The maximum Gasteiger partial charge on any atom is 0.416 e. The van der Waals surface area contributed by atoms with Crippen LogP contribution in [-0.2, 0) is 36.8 Å². The fourth-order valence-electron chi connectivity index (χ4n) is 5.79. The summed E-state index contributed by atoms with van der Waals surface area (Å²) < 4.78 is 162. The fraction of sp³-hybridized carbons (Fsp3) is 0.606. The van der Waals surface area contributed by atoms with Crippen molar-refractivity contribution < 1.29 is 61.5 Å². The van der Waals surface area contributed by atoms with Gasteiger partial charge in [-0.3, -0.25) is 0 Å². The Morgan fingerprint density at radius 1 is 0.627 bits per heavy atom. The van der Waals surface area contributed by atoms with Gasteiger partial charge in [0.25, 0.3) is 0 Å². The lowest BCUT2D eigenvalue weighted by Crippen LogP contribution is -2.48. The zero-order valence-electron chi connectivity index (χ0n) is 28.7. The van der Waals surface area contributed by atoms with E-state index in [1.165, 1.54) is 4.90 Å². The van der Waals surface area contributed by atoms with Crippen LogP contribution in [-0.4, -0.2) is 69.6 Å². The maximum atomic E-state index is 15.4. The van der Waals surface area contributed by atoms with Crippen molar-refractivity contribution in [3.8, 4) is 0 Å². The Labute approximate surface area is 292 Å². The first-order valence-electron chi connectivity index (χ1n) is 16.0. The molecule has 0 saturated carbocycles. The molecule has 2 fully saturated rings. The molecular weight excluding hydrogens is 736 g/mol. The lowest BCUT2D eigenvalue weighted by molar-refractivity contribution is -0.138. The van der Waals surface area contributed by atoms with E-state index >= 15 is 4.39 Å². The summed E-state index contributed by atoms with van der Waals surface area (Å²) in [7, 11) is -8.90. The first-order chi connectivity index (χ1) is 23.1. The van der Waals surface area contributed by atoms with Gasteiger partial charge in [0.2, 0.25) is 29.7 Å². The van der Waals surface area contributed by atoms with E-state index in [1.54, 1.807) is 20.8 Å². The molecule has 288 valence electrons. The van der Waals surface area contributed by atoms with Crippen LogP contribution in [0.25, 0.3) is 0 Å². The molecule has 8 nitrogen and oxygen atoms in total. The largest absolute Gasteiger partial charge is 0.444 e. The first-order valence-corrected chi connectivity index (χ1v) is 19.0. The van der Waals surface area contributed by atoms with Crippen LogP contribution in [0.5, 0.6) is 0 Å². The van der Waals surface area contributed by atoms with E-state index in [2.05, 4.69) is 5.32 Å². The number of halogens is 8. The number of ether oxygens (including phenoxy) is 1. The molecule has 2 unspecified atom stereocenters. The lowest BCUT2D eigenvalue weighted by atomic mass is 9.92. The Kier molecular flexibility index (Phi) is 12.6. The topological polar surface area (TPSA) is 110 Å². The molecule has 2 saturated heterocycles. The normalized spacial score (nSPS) is 19.7. The van der Waals surface area contributed by atoms with Crippen molar-refractivity contribution in [2.45, 2.75) is 98.0 Å². The summed E-state index contributed by atoms with van der Waals surface area (Å²) in [5.41, 5.74) is -2.66. The third kappa shape index (κ3) is 9.91. The highest BCUT2D eigenvalue weighted by Crippen LogP contribution is 2.41. The van der Waals surface area contributed by atoms with E-state index in [1.807, 2.05) is 0 Å². The Balaban J connectivity index is 0.000000286. The van der Waals surface area contributed by atoms with Crippen molar-refractivity contribution >= 4 is 25.8 Å². The average molecular weight is 779 g/mol. The van der Waals surface area contributed by atoms with Gasteiger partial charge in [0.1, 0.15) is 5.60 Å². The third-order valence-electron chi connectivity index (χ3n) is 8.98. The number of rotatable bonds is 6. The molecule has 0 aliphatic carbocycles. The smallest absolute Gasteiger partial charge is 0.416 e. The van der Waals surface area contributed by atoms with Crippen molar-refractivity contribution in [3.63, 3.8) is 0 Å². The number of carbonyl (C=O) groups is 1. The number of nitrogens with one attached hydrogen (secondary N) is 1. The molecule has 0 spiro atoms. The quantitative estimate of drug-likeness (QED) is 0.297. The standard InChI is InChI=1S/C19H25F4NO4S.C14H17F4NO2S/c1-17(2,3)28-16(25)24-11-9-13(10-12-24)18(4,20)29(26,27)15-7-5-14(6-8-15)19(21,22)23;1-13(15,10-6-8-19-9-7-10)22(20,21)12-4-2-11(3-5-12)14(16,17)18/h5-8,13H,9-12H2,1-4H3;2-5,10,19H,6-9H2,1H3. The van der Waals surface area contributed by atoms with E-state index < -0.39 is 86.5 Å². The Bertz CT molecular complexity index is 1710. The highest BCUT2D eigenvalue weighted by molar-refractivity contribution is 7.93. The molecule has 1 N–H and O–H groups in total. The number of sulfone groups is 2. The van der Waals surface area contributed by atoms with E-state index in [9.17, 15) is 52.4 Å². The minimum absolute atomic E-state index is 0.0894. The van der Waals surface area contributed by atoms with Gasteiger partial charge in [-0.2, -0.15) is 26.3 Å². The molecular formula is C33H42F8N2O6S2.